The third-order valence-electron chi connectivity index (χ3n) is 4.28. The molecule has 1 atom stereocenters. The predicted molar refractivity (Wildman–Crippen MR) is 100.0 cm³/mol. The van der Waals surface area contributed by atoms with Gasteiger partial charge in [0.2, 0.25) is 0 Å². The van der Waals surface area contributed by atoms with Gasteiger partial charge in [0.25, 0.3) is 5.56 Å². The normalized spacial score (nSPS) is 15.6. The fraction of sp³-hybridized carbons (Fsp3) is 0.211. The molecule has 0 aliphatic carbocycles. The Hall–Kier alpha value is -3.55. The number of para-hydroxylation sites is 1. The minimum atomic E-state index is -0.782. The van der Waals surface area contributed by atoms with Crippen molar-refractivity contribution in [2.75, 3.05) is 19.0 Å². The molecule has 1 aliphatic heterocycles. The first-order chi connectivity index (χ1) is 13.0. The summed E-state index contributed by atoms with van der Waals surface area (Å²) in [7, 11) is 1.50. The van der Waals surface area contributed by atoms with Gasteiger partial charge in [0.1, 0.15) is 18.2 Å². The zero-order chi connectivity index (χ0) is 19.6. The molecular weight excluding hydrogens is 350 g/mol. The smallest absolute Gasteiger partial charge is 0.337 e. The number of aromatic nitrogens is 2. The van der Waals surface area contributed by atoms with E-state index in [0.29, 0.717) is 17.0 Å². The number of anilines is 1. The molecule has 0 fully saturated rings. The van der Waals surface area contributed by atoms with Crippen LogP contribution in [0, 0.1) is 0 Å². The van der Waals surface area contributed by atoms with Gasteiger partial charge in [-0.15, -0.1) is 0 Å². The largest absolute Gasteiger partial charge is 0.496 e. The van der Waals surface area contributed by atoms with Gasteiger partial charge >= 0.3 is 11.7 Å². The lowest BCUT2D eigenvalue weighted by atomic mass is 9.82. The molecule has 8 heteroatoms. The highest BCUT2D eigenvalue weighted by atomic mass is 16.5. The molecule has 3 rings (SSSR count). The number of carbonyl (C=O) groups excluding carboxylic acids is 1. The molecule has 1 aromatic carbocycles. The van der Waals surface area contributed by atoms with E-state index in [0.717, 1.165) is 0 Å². The second kappa shape index (κ2) is 7.36. The third kappa shape index (κ3) is 3.29. The van der Waals surface area contributed by atoms with Gasteiger partial charge in [-0.2, -0.15) is 0 Å². The summed E-state index contributed by atoms with van der Waals surface area (Å²) in [6.45, 7) is 5.24. The number of ether oxygens (including phenoxy) is 2. The maximum absolute atomic E-state index is 12.7. The van der Waals surface area contributed by atoms with Crippen molar-refractivity contribution < 1.29 is 14.3 Å². The zero-order valence-corrected chi connectivity index (χ0v) is 14.9. The number of benzene rings is 1. The first kappa shape index (κ1) is 18.2. The van der Waals surface area contributed by atoms with Crippen LogP contribution in [0.4, 0.5) is 5.82 Å². The third-order valence-corrected chi connectivity index (χ3v) is 4.28. The van der Waals surface area contributed by atoms with Crippen molar-refractivity contribution in [3.63, 3.8) is 0 Å². The lowest BCUT2D eigenvalue weighted by Crippen LogP contribution is -2.35. The monoisotopic (exact) mass is 369 g/mol. The number of aromatic amines is 2. The Morgan fingerprint density at radius 1 is 1.26 bits per heavy atom. The summed E-state index contributed by atoms with van der Waals surface area (Å²) in [6.07, 6.45) is 1.46. The highest BCUT2D eigenvalue weighted by Crippen LogP contribution is 2.42. The summed E-state index contributed by atoms with van der Waals surface area (Å²) in [5.74, 6) is -0.637. The molecule has 0 radical (unpaired) electrons. The van der Waals surface area contributed by atoms with Crippen LogP contribution < -0.4 is 21.3 Å². The topological polar surface area (TPSA) is 113 Å². The fourth-order valence-electron chi connectivity index (χ4n) is 3.19. The Balaban J connectivity index is 2.29. The van der Waals surface area contributed by atoms with E-state index in [4.69, 9.17) is 9.47 Å². The van der Waals surface area contributed by atoms with Gasteiger partial charge in [0.15, 0.2) is 0 Å². The van der Waals surface area contributed by atoms with Crippen molar-refractivity contribution in [3.8, 4) is 5.75 Å². The summed E-state index contributed by atoms with van der Waals surface area (Å²) in [4.78, 5) is 41.8. The van der Waals surface area contributed by atoms with E-state index in [1.54, 1.807) is 31.2 Å². The SMILES string of the molecule is C=CCOC(=O)C1=C(C)Nc2[nH]c(=O)[nH]c(=O)c2[C@@H]1c1ccccc1OC. The minimum Gasteiger partial charge on any atom is -0.496 e. The Kier molecular flexibility index (Phi) is 4.98. The van der Waals surface area contributed by atoms with E-state index in [1.807, 2.05) is 0 Å². The number of allylic oxidation sites excluding steroid dienone is 1. The van der Waals surface area contributed by atoms with Crippen LogP contribution in [-0.2, 0) is 9.53 Å². The molecule has 3 N–H and O–H groups in total. The molecule has 0 saturated carbocycles. The minimum absolute atomic E-state index is 0.0308. The molecule has 0 unspecified atom stereocenters. The summed E-state index contributed by atoms with van der Waals surface area (Å²) >= 11 is 0. The average Bonchev–Trinajstić information content (AvgIpc) is 2.64. The summed E-state index contributed by atoms with van der Waals surface area (Å²) in [6, 6.07) is 7.06. The standard InChI is InChI=1S/C19H19N3O5/c1-4-9-27-18(24)13-10(2)20-16-15(17(23)22-19(25)21-16)14(13)11-7-5-6-8-12(11)26-3/h4-8,14H,1,9H2,2-3H3,(H3,20,21,22,23,25)/t14-/m1/s1. The van der Waals surface area contributed by atoms with E-state index in [1.165, 1.54) is 13.2 Å². The van der Waals surface area contributed by atoms with Crippen LogP contribution in [0.5, 0.6) is 5.75 Å². The van der Waals surface area contributed by atoms with E-state index in [-0.39, 0.29) is 23.6 Å². The number of rotatable bonds is 5. The maximum Gasteiger partial charge on any atom is 0.337 e. The van der Waals surface area contributed by atoms with Crippen molar-refractivity contribution in [1.82, 2.24) is 9.97 Å². The Morgan fingerprint density at radius 3 is 2.70 bits per heavy atom. The van der Waals surface area contributed by atoms with E-state index in [2.05, 4.69) is 21.9 Å². The quantitative estimate of drug-likeness (QED) is 0.545. The Labute approximate surface area is 154 Å². The second-order valence-corrected chi connectivity index (χ2v) is 5.92. The summed E-state index contributed by atoms with van der Waals surface area (Å²) in [5, 5.41) is 2.92. The summed E-state index contributed by atoms with van der Waals surface area (Å²) in [5.41, 5.74) is 0.287. The Bertz CT molecular complexity index is 1050. The zero-order valence-electron chi connectivity index (χ0n) is 14.9. The van der Waals surface area contributed by atoms with Gasteiger partial charge in [-0.05, 0) is 13.0 Å². The van der Waals surface area contributed by atoms with Crippen LogP contribution in [0.25, 0.3) is 0 Å². The maximum atomic E-state index is 12.7. The van der Waals surface area contributed by atoms with Gasteiger partial charge in [-0.3, -0.25) is 14.8 Å². The molecule has 2 heterocycles. The van der Waals surface area contributed by atoms with Crippen LogP contribution >= 0.6 is 0 Å². The van der Waals surface area contributed by atoms with Crippen LogP contribution in [0.3, 0.4) is 0 Å². The number of hydrogen-bond donors (Lipinski definition) is 3. The number of nitrogens with one attached hydrogen (secondary N) is 3. The highest BCUT2D eigenvalue weighted by molar-refractivity contribution is 5.94. The molecule has 1 aliphatic rings. The van der Waals surface area contributed by atoms with Gasteiger partial charge in [0, 0.05) is 11.3 Å². The molecule has 2 aromatic rings. The van der Waals surface area contributed by atoms with E-state index in [9.17, 15) is 14.4 Å². The molecule has 27 heavy (non-hydrogen) atoms. The van der Waals surface area contributed by atoms with Crippen LogP contribution in [0.1, 0.15) is 24.0 Å². The van der Waals surface area contributed by atoms with Crippen LogP contribution in [-0.4, -0.2) is 29.7 Å². The molecule has 0 amide bonds. The number of H-pyrrole nitrogens is 2. The molecule has 1 aromatic heterocycles. The van der Waals surface area contributed by atoms with Crippen molar-refractivity contribution in [2.45, 2.75) is 12.8 Å². The van der Waals surface area contributed by atoms with Crippen molar-refractivity contribution in [1.29, 1.82) is 0 Å². The first-order valence-electron chi connectivity index (χ1n) is 8.23. The van der Waals surface area contributed by atoms with Crippen molar-refractivity contribution >= 4 is 11.8 Å². The number of hydrogen-bond acceptors (Lipinski definition) is 6. The molecule has 0 bridgehead atoms. The average molecular weight is 369 g/mol. The predicted octanol–water partition coefficient (Wildman–Crippen LogP) is 1.63. The van der Waals surface area contributed by atoms with E-state index < -0.39 is 23.1 Å². The number of carbonyl (C=O) groups is 1. The number of methoxy groups -OCH3 is 1. The van der Waals surface area contributed by atoms with Gasteiger partial charge in [-0.1, -0.05) is 30.9 Å². The van der Waals surface area contributed by atoms with E-state index >= 15 is 0 Å². The number of esters is 1. The highest BCUT2D eigenvalue weighted by Gasteiger charge is 2.37. The lowest BCUT2D eigenvalue weighted by molar-refractivity contribution is -0.138. The first-order valence-corrected chi connectivity index (χ1v) is 8.23. The molecule has 8 nitrogen and oxygen atoms in total. The number of fused-ring (bicyclic) bond motifs is 1. The fourth-order valence-corrected chi connectivity index (χ4v) is 3.19. The van der Waals surface area contributed by atoms with Crippen LogP contribution in [0.2, 0.25) is 0 Å². The Morgan fingerprint density at radius 2 is 2.00 bits per heavy atom. The van der Waals surface area contributed by atoms with Gasteiger partial charge in [0.05, 0.1) is 24.2 Å². The summed E-state index contributed by atoms with van der Waals surface area (Å²) < 4.78 is 10.7. The molecule has 140 valence electrons. The molecular formula is C19H19N3O5. The lowest BCUT2D eigenvalue weighted by Gasteiger charge is -2.29. The second-order valence-electron chi connectivity index (χ2n) is 5.92. The molecule has 0 saturated heterocycles. The van der Waals surface area contributed by atoms with Gasteiger partial charge < -0.3 is 14.8 Å². The van der Waals surface area contributed by atoms with Gasteiger partial charge in [-0.25, -0.2) is 9.59 Å². The molecule has 0 spiro atoms. The van der Waals surface area contributed by atoms with Crippen molar-refractivity contribution in [2.24, 2.45) is 0 Å². The van der Waals surface area contributed by atoms with Crippen molar-refractivity contribution in [3.05, 3.63) is 80.2 Å². The van der Waals surface area contributed by atoms with Crippen LogP contribution in [0.15, 0.2) is 57.8 Å².